The average molecular weight is 294 g/mol. The van der Waals surface area contributed by atoms with Gasteiger partial charge in [-0.1, -0.05) is 18.2 Å². The van der Waals surface area contributed by atoms with Crippen molar-refractivity contribution in [3.63, 3.8) is 0 Å². The van der Waals surface area contributed by atoms with Gasteiger partial charge in [-0.3, -0.25) is 4.79 Å². The van der Waals surface area contributed by atoms with Crippen molar-refractivity contribution in [2.45, 2.75) is 10.9 Å². The topological polar surface area (TPSA) is 41.1 Å². The summed E-state index contributed by atoms with van der Waals surface area (Å²) in [5, 5.41) is 6.27. The quantitative estimate of drug-likeness (QED) is 0.647. The Morgan fingerprint density at radius 1 is 1.58 bits per heavy atom. The Labute approximate surface area is 122 Å². The first-order chi connectivity index (χ1) is 9.31. The summed E-state index contributed by atoms with van der Waals surface area (Å²) in [6.07, 6.45) is 1.86. The van der Waals surface area contributed by atoms with E-state index in [1.54, 1.807) is 11.8 Å². The van der Waals surface area contributed by atoms with Gasteiger partial charge in [0.1, 0.15) is 0 Å². The number of hydrogen-bond acceptors (Lipinski definition) is 4. The van der Waals surface area contributed by atoms with Gasteiger partial charge in [0, 0.05) is 28.7 Å². The van der Waals surface area contributed by atoms with Crippen LogP contribution in [-0.2, 0) is 4.79 Å². The van der Waals surface area contributed by atoms with Crippen LogP contribution >= 0.6 is 23.5 Å². The summed E-state index contributed by atoms with van der Waals surface area (Å²) < 4.78 is 0. The van der Waals surface area contributed by atoms with Gasteiger partial charge in [0.15, 0.2) is 0 Å². The molecule has 0 spiro atoms. The van der Waals surface area contributed by atoms with Gasteiger partial charge in [0.05, 0.1) is 11.7 Å². The van der Waals surface area contributed by atoms with E-state index in [4.69, 9.17) is 0 Å². The molecule has 1 heterocycles. The zero-order valence-corrected chi connectivity index (χ0v) is 12.4. The molecule has 1 aliphatic heterocycles. The van der Waals surface area contributed by atoms with E-state index in [1.165, 1.54) is 0 Å². The molecule has 1 atom stereocenters. The highest BCUT2D eigenvalue weighted by atomic mass is 32.2. The Kier molecular flexibility index (Phi) is 5.82. The third-order valence-corrected chi connectivity index (χ3v) is 4.87. The molecule has 1 aromatic rings. The SMILES string of the molecule is C=CCSc1ccccc1NC(=O)C1CSCCN1. The van der Waals surface area contributed by atoms with Crippen LogP contribution < -0.4 is 10.6 Å². The van der Waals surface area contributed by atoms with Crippen LogP contribution in [0.4, 0.5) is 5.69 Å². The van der Waals surface area contributed by atoms with E-state index in [9.17, 15) is 4.79 Å². The van der Waals surface area contributed by atoms with Gasteiger partial charge in [0.25, 0.3) is 0 Å². The standard InChI is InChI=1S/C14H18N2OS2/c1-2-8-19-13-6-4-3-5-11(13)16-14(17)12-10-18-9-7-15-12/h2-6,12,15H,1,7-10H2,(H,16,17). The largest absolute Gasteiger partial charge is 0.324 e. The van der Waals surface area contributed by atoms with Crippen molar-refractivity contribution in [2.24, 2.45) is 0 Å². The normalized spacial score (nSPS) is 18.8. The van der Waals surface area contributed by atoms with E-state index in [-0.39, 0.29) is 11.9 Å². The van der Waals surface area contributed by atoms with E-state index in [1.807, 2.05) is 42.1 Å². The fraction of sp³-hybridized carbons (Fsp3) is 0.357. The van der Waals surface area contributed by atoms with Gasteiger partial charge >= 0.3 is 0 Å². The van der Waals surface area contributed by atoms with Crippen LogP contribution in [0.3, 0.4) is 0 Å². The van der Waals surface area contributed by atoms with E-state index in [2.05, 4.69) is 17.2 Å². The molecule has 2 N–H and O–H groups in total. The number of anilines is 1. The third kappa shape index (κ3) is 4.30. The minimum atomic E-state index is -0.0868. The summed E-state index contributed by atoms with van der Waals surface area (Å²) >= 11 is 3.50. The smallest absolute Gasteiger partial charge is 0.242 e. The van der Waals surface area contributed by atoms with Gasteiger partial charge in [0.2, 0.25) is 5.91 Å². The fourth-order valence-electron chi connectivity index (χ4n) is 1.80. The maximum absolute atomic E-state index is 12.2. The first-order valence-electron chi connectivity index (χ1n) is 6.26. The molecule has 1 aliphatic rings. The predicted octanol–water partition coefficient (Wildman–Crippen LogP) is 2.61. The van der Waals surface area contributed by atoms with Crippen molar-refractivity contribution in [2.75, 3.05) is 29.1 Å². The van der Waals surface area contributed by atoms with E-state index < -0.39 is 0 Å². The van der Waals surface area contributed by atoms with Crippen molar-refractivity contribution in [1.82, 2.24) is 5.32 Å². The number of benzene rings is 1. The molecule has 3 nitrogen and oxygen atoms in total. The van der Waals surface area contributed by atoms with Crippen molar-refractivity contribution >= 4 is 35.1 Å². The molecule has 1 amide bonds. The van der Waals surface area contributed by atoms with Gasteiger partial charge in [-0.05, 0) is 12.1 Å². The zero-order valence-electron chi connectivity index (χ0n) is 10.7. The van der Waals surface area contributed by atoms with Crippen LogP contribution in [0.1, 0.15) is 0 Å². The predicted molar refractivity (Wildman–Crippen MR) is 85.1 cm³/mol. The molecule has 0 saturated carbocycles. The van der Waals surface area contributed by atoms with Crippen molar-refractivity contribution in [3.05, 3.63) is 36.9 Å². The second kappa shape index (κ2) is 7.62. The monoisotopic (exact) mass is 294 g/mol. The highest BCUT2D eigenvalue weighted by molar-refractivity contribution is 7.99. The summed E-state index contributed by atoms with van der Waals surface area (Å²) in [6.45, 7) is 4.62. The lowest BCUT2D eigenvalue weighted by Gasteiger charge is -2.22. The highest BCUT2D eigenvalue weighted by Gasteiger charge is 2.21. The molecule has 0 aromatic heterocycles. The lowest BCUT2D eigenvalue weighted by Crippen LogP contribution is -2.46. The van der Waals surface area contributed by atoms with Crippen LogP contribution in [0.15, 0.2) is 41.8 Å². The number of nitrogens with one attached hydrogen (secondary N) is 2. The number of hydrogen-bond donors (Lipinski definition) is 2. The average Bonchev–Trinajstić information content (AvgIpc) is 2.47. The molecular weight excluding hydrogens is 276 g/mol. The van der Waals surface area contributed by atoms with Crippen molar-refractivity contribution in [1.29, 1.82) is 0 Å². The number of thioether (sulfide) groups is 2. The Bertz CT molecular complexity index is 445. The number of carbonyl (C=O) groups is 1. The molecule has 0 radical (unpaired) electrons. The zero-order chi connectivity index (χ0) is 13.5. The summed E-state index contributed by atoms with van der Waals surface area (Å²) in [6, 6.07) is 7.80. The number of carbonyl (C=O) groups excluding carboxylic acids is 1. The maximum atomic E-state index is 12.2. The van der Waals surface area contributed by atoms with Crippen LogP contribution in [0, 0.1) is 0 Å². The molecule has 2 rings (SSSR count). The van der Waals surface area contributed by atoms with Crippen LogP contribution in [0.2, 0.25) is 0 Å². The molecule has 1 aromatic carbocycles. The lowest BCUT2D eigenvalue weighted by molar-refractivity contribution is -0.117. The second-order valence-corrected chi connectivity index (χ2v) is 6.38. The third-order valence-electron chi connectivity index (χ3n) is 2.74. The number of amides is 1. The minimum absolute atomic E-state index is 0.0545. The lowest BCUT2D eigenvalue weighted by atomic mass is 10.2. The Balaban J connectivity index is 2.00. The van der Waals surface area contributed by atoms with E-state index in [0.29, 0.717) is 0 Å². The molecule has 19 heavy (non-hydrogen) atoms. The second-order valence-electron chi connectivity index (χ2n) is 4.17. The molecular formula is C14H18N2OS2. The van der Waals surface area contributed by atoms with Crippen LogP contribution in [-0.4, -0.2) is 35.8 Å². The summed E-state index contributed by atoms with van der Waals surface area (Å²) in [5.74, 6) is 2.81. The summed E-state index contributed by atoms with van der Waals surface area (Å²) in [4.78, 5) is 13.3. The first-order valence-corrected chi connectivity index (χ1v) is 8.40. The molecule has 1 saturated heterocycles. The molecule has 5 heteroatoms. The maximum Gasteiger partial charge on any atom is 0.242 e. The number of rotatable bonds is 5. The van der Waals surface area contributed by atoms with Gasteiger partial charge in [-0.25, -0.2) is 0 Å². The minimum Gasteiger partial charge on any atom is -0.324 e. The Morgan fingerprint density at radius 2 is 2.42 bits per heavy atom. The van der Waals surface area contributed by atoms with Gasteiger partial charge in [-0.15, -0.1) is 18.3 Å². The van der Waals surface area contributed by atoms with Gasteiger partial charge < -0.3 is 10.6 Å². The molecule has 0 aliphatic carbocycles. The first kappa shape index (κ1) is 14.5. The van der Waals surface area contributed by atoms with Crippen LogP contribution in [0.5, 0.6) is 0 Å². The van der Waals surface area contributed by atoms with E-state index >= 15 is 0 Å². The highest BCUT2D eigenvalue weighted by Crippen LogP contribution is 2.27. The Morgan fingerprint density at radius 3 is 3.16 bits per heavy atom. The van der Waals surface area contributed by atoms with E-state index in [0.717, 1.165) is 34.4 Å². The van der Waals surface area contributed by atoms with Crippen molar-refractivity contribution < 1.29 is 4.79 Å². The Hall–Kier alpha value is -0.910. The van der Waals surface area contributed by atoms with Crippen LogP contribution in [0.25, 0.3) is 0 Å². The molecule has 0 bridgehead atoms. The molecule has 1 fully saturated rings. The molecule has 1 unspecified atom stereocenters. The summed E-state index contributed by atoms with van der Waals surface area (Å²) in [5.41, 5.74) is 0.886. The number of para-hydroxylation sites is 1. The van der Waals surface area contributed by atoms with Gasteiger partial charge in [-0.2, -0.15) is 11.8 Å². The summed E-state index contributed by atoms with van der Waals surface area (Å²) in [7, 11) is 0. The molecule has 102 valence electrons. The fourth-order valence-corrected chi connectivity index (χ4v) is 3.48. The van der Waals surface area contributed by atoms with Crippen molar-refractivity contribution in [3.8, 4) is 0 Å².